The number of benzene rings is 1. The van der Waals surface area contributed by atoms with Crippen molar-refractivity contribution in [2.45, 2.75) is 8.19 Å². The molecule has 0 aliphatic carbocycles. The zero-order chi connectivity index (χ0) is 13.9. The number of carbonyl (C=O) groups is 1. The Balaban J connectivity index is 2.75. The molecule has 2 amide bonds. The normalized spacial score (nSPS) is 13.0. The van der Waals surface area contributed by atoms with E-state index in [1.807, 2.05) is 0 Å². The van der Waals surface area contributed by atoms with Gasteiger partial charge in [0, 0.05) is 7.05 Å². The summed E-state index contributed by atoms with van der Waals surface area (Å²) in [5, 5.41) is 2.41. The second-order valence-corrected chi connectivity index (χ2v) is 7.82. The van der Waals surface area contributed by atoms with Crippen molar-refractivity contribution in [3.63, 3.8) is 0 Å². The predicted molar refractivity (Wildman–Crippen MR) is 79.3 cm³/mol. The Morgan fingerprint density at radius 2 is 2.06 bits per heavy atom. The Hall–Kier alpha value is -0.0400. The molecule has 0 radical (unpaired) electrons. The first-order chi connectivity index (χ1) is 8.23. The smallest absolute Gasteiger partial charge is 0.311 e. The molecule has 1 unspecified atom stereocenters. The quantitative estimate of drug-likeness (QED) is 0.563. The van der Waals surface area contributed by atoms with Crippen molar-refractivity contribution in [3.8, 4) is 0 Å². The number of nitrogens with zero attached hydrogens (tertiary/aromatic N) is 1. The molecule has 0 heterocycles. The zero-order valence-electron chi connectivity index (χ0n) is 9.13. The van der Waals surface area contributed by atoms with Gasteiger partial charge in [-0.2, -0.15) is 0 Å². The molecule has 0 fully saturated rings. The topological polar surface area (TPSA) is 32.3 Å². The van der Waals surface area contributed by atoms with Crippen LogP contribution in [0.4, 0.5) is 14.9 Å². The highest BCUT2D eigenvalue weighted by molar-refractivity contribution is 9.13. The number of alkyl halides is 4. The van der Waals surface area contributed by atoms with Crippen molar-refractivity contribution >= 4 is 66.8 Å². The Bertz CT molecular complexity index is 442. The van der Waals surface area contributed by atoms with Crippen LogP contribution in [0.3, 0.4) is 0 Å². The number of urea groups is 1. The van der Waals surface area contributed by atoms with Gasteiger partial charge in [-0.1, -0.05) is 51.3 Å². The van der Waals surface area contributed by atoms with Crippen LogP contribution in [0.1, 0.15) is 0 Å². The van der Waals surface area contributed by atoms with Crippen LogP contribution in [0.2, 0.25) is 0 Å². The van der Waals surface area contributed by atoms with Gasteiger partial charge in [-0.3, -0.25) is 0 Å². The Morgan fingerprint density at radius 1 is 1.50 bits per heavy atom. The average molecular weight is 423 g/mol. The molecule has 0 bridgehead atoms. The molecule has 1 aromatic rings. The van der Waals surface area contributed by atoms with E-state index in [1.165, 1.54) is 30.1 Å². The highest BCUT2D eigenvalue weighted by atomic mass is 79.9. The lowest BCUT2D eigenvalue weighted by molar-refractivity contribution is 0.220. The number of carbonyl (C=O) groups excluding carboxylic acids is 1. The summed E-state index contributed by atoms with van der Waals surface area (Å²) >= 11 is 17.8. The summed E-state index contributed by atoms with van der Waals surface area (Å²) in [7, 11) is 1.47. The largest absolute Gasteiger partial charge is 0.322 e. The molecule has 18 heavy (non-hydrogen) atoms. The van der Waals surface area contributed by atoms with Crippen molar-refractivity contribution in [2.24, 2.45) is 0 Å². The number of halogens is 5. The van der Waals surface area contributed by atoms with Gasteiger partial charge in [0.15, 0.2) is 0 Å². The Labute approximate surface area is 131 Å². The van der Waals surface area contributed by atoms with Crippen LogP contribution in [0.25, 0.3) is 0 Å². The maximum atomic E-state index is 13.3. The van der Waals surface area contributed by atoms with Gasteiger partial charge >= 0.3 is 6.03 Å². The van der Waals surface area contributed by atoms with E-state index in [1.54, 1.807) is 6.07 Å². The van der Waals surface area contributed by atoms with Crippen LogP contribution >= 0.6 is 55.1 Å². The van der Waals surface area contributed by atoms with E-state index in [9.17, 15) is 9.18 Å². The molecule has 0 aliphatic rings. The van der Waals surface area contributed by atoms with Gasteiger partial charge in [-0.05, 0) is 28.1 Å². The lowest BCUT2D eigenvalue weighted by Crippen LogP contribution is -2.43. The number of amides is 2. The number of hydrogen-bond donors (Lipinski definition) is 1. The molecule has 8 heteroatoms. The van der Waals surface area contributed by atoms with Gasteiger partial charge in [0.1, 0.15) is 10.8 Å². The fraction of sp³-hybridized carbons (Fsp3) is 0.300. The van der Waals surface area contributed by atoms with Gasteiger partial charge in [0.05, 0.1) is 5.69 Å². The lowest BCUT2D eigenvalue weighted by atomic mass is 10.3. The molecule has 1 N–H and O–H groups in total. The first-order valence-electron chi connectivity index (χ1n) is 4.72. The van der Waals surface area contributed by atoms with E-state index in [-0.39, 0.29) is 5.69 Å². The van der Waals surface area contributed by atoms with Crippen molar-refractivity contribution in [2.75, 3.05) is 12.4 Å². The molecule has 0 aliphatic heterocycles. The maximum absolute atomic E-state index is 13.3. The third kappa shape index (κ3) is 4.26. The minimum absolute atomic E-state index is 0.0818. The Kier molecular flexibility index (Phi) is 5.70. The Morgan fingerprint density at radius 3 is 2.56 bits per heavy atom. The molecular weight excluding hydrogens is 414 g/mol. The summed E-state index contributed by atoms with van der Waals surface area (Å²) in [5.41, 5.74) is 0.0818. The van der Waals surface area contributed by atoms with Crippen molar-refractivity contribution in [1.82, 2.24) is 4.90 Å². The number of anilines is 1. The van der Waals surface area contributed by atoms with Gasteiger partial charge < -0.3 is 10.2 Å². The molecule has 0 saturated heterocycles. The van der Waals surface area contributed by atoms with Crippen molar-refractivity contribution < 1.29 is 9.18 Å². The van der Waals surface area contributed by atoms with E-state index >= 15 is 0 Å². The molecule has 0 saturated carbocycles. The van der Waals surface area contributed by atoms with E-state index in [4.69, 9.17) is 23.2 Å². The zero-order valence-corrected chi connectivity index (χ0v) is 13.8. The monoisotopic (exact) mass is 420 g/mol. The first kappa shape index (κ1) is 16.0. The van der Waals surface area contributed by atoms with E-state index in [2.05, 4.69) is 37.2 Å². The van der Waals surface area contributed by atoms with Crippen LogP contribution < -0.4 is 5.32 Å². The second kappa shape index (κ2) is 6.41. The second-order valence-electron chi connectivity index (χ2n) is 3.40. The number of nitrogens with one attached hydrogen (secondary N) is 1. The van der Waals surface area contributed by atoms with Crippen LogP contribution in [0.15, 0.2) is 24.3 Å². The van der Waals surface area contributed by atoms with Crippen molar-refractivity contribution in [3.05, 3.63) is 30.1 Å². The number of para-hydroxylation sites is 1. The van der Waals surface area contributed by atoms with E-state index < -0.39 is 20.0 Å². The summed E-state index contributed by atoms with van der Waals surface area (Å²) in [6.07, 6.45) is 0. The average Bonchev–Trinajstić information content (AvgIpc) is 2.29. The highest BCUT2D eigenvalue weighted by Crippen LogP contribution is 2.38. The molecule has 1 aromatic carbocycles. The summed E-state index contributed by atoms with van der Waals surface area (Å²) in [5.74, 6) is -0.521. The van der Waals surface area contributed by atoms with Crippen LogP contribution in [0.5, 0.6) is 0 Å². The number of hydrogen-bond acceptors (Lipinski definition) is 1. The number of rotatable bonds is 3. The van der Waals surface area contributed by atoms with Crippen molar-refractivity contribution in [1.29, 1.82) is 0 Å². The first-order valence-corrected chi connectivity index (χ1v) is 7.19. The molecule has 1 atom stereocenters. The van der Waals surface area contributed by atoms with Gasteiger partial charge in [0.2, 0.25) is 3.24 Å². The minimum atomic E-state index is -1.35. The predicted octanol–water partition coefficient (Wildman–Crippen LogP) is 4.54. The van der Waals surface area contributed by atoms with Crippen LogP contribution in [-0.4, -0.2) is 26.2 Å². The summed E-state index contributed by atoms with van der Waals surface area (Å²) in [6, 6.07) is 5.30. The molecule has 0 aromatic heterocycles. The minimum Gasteiger partial charge on any atom is -0.311 e. The molecule has 1 rings (SSSR count). The molecule has 0 spiro atoms. The fourth-order valence-corrected chi connectivity index (χ4v) is 1.87. The molecule has 100 valence electrons. The lowest BCUT2D eigenvalue weighted by Gasteiger charge is -2.28. The molecule has 3 nitrogen and oxygen atoms in total. The summed E-state index contributed by atoms with van der Waals surface area (Å²) in [6.45, 7) is 0. The van der Waals surface area contributed by atoms with E-state index in [0.29, 0.717) is 0 Å². The maximum Gasteiger partial charge on any atom is 0.322 e. The molecular formula is C10H9Br2Cl2FN2O. The van der Waals surface area contributed by atoms with Crippen LogP contribution in [-0.2, 0) is 0 Å². The summed E-state index contributed by atoms with van der Waals surface area (Å²) < 4.78 is 12.0. The SMILES string of the molecule is CN(C(=O)Nc1ccccc1F)C(Br)C(Cl)(Cl)Br. The van der Waals surface area contributed by atoms with Gasteiger partial charge in [0.25, 0.3) is 0 Å². The summed E-state index contributed by atoms with van der Waals surface area (Å²) in [4.78, 5) is 12.3. The highest BCUT2D eigenvalue weighted by Gasteiger charge is 2.35. The van der Waals surface area contributed by atoms with E-state index in [0.717, 1.165) is 0 Å². The van der Waals surface area contributed by atoms with Gasteiger partial charge in [-0.15, -0.1) is 0 Å². The third-order valence-electron chi connectivity index (χ3n) is 2.05. The fourth-order valence-electron chi connectivity index (χ4n) is 1.09. The third-order valence-corrected chi connectivity index (χ3v) is 5.34. The van der Waals surface area contributed by atoms with Crippen LogP contribution in [0, 0.1) is 5.82 Å². The van der Waals surface area contributed by atoms with Gasteiger partial charge in [-0.25, -0.2) is 9.18 Å². The standard InChI is InChI=1S/C10H9Br2Cl2FN2O/c1-17(8(11)10(12,13)14)9(18)16-7-5-3-2-4-6(7)15/h2-5,8H,1H3,(H,16,18).